The number of amides is 1. The molecule has 0 spiro atoms. The van der Waals surface area contributed by atoms with Crippen LogP contribution >= 0.6 is 0 Å². The average molecular weight is 818 g/mol. The van der Waals surface area contributed by atoms with Crippen molar-refractivity contribution in [2.24, 2.45) is 16.7 Å². The molecular formula is C41H49F2NO14. The number of benzene rings is 1. The zero-order valence-corrected chi connectivity index (χ0v) is 33.4. The third kappa shape index (κ3) is 6.78. The number of halogens is 2. The van der Waals surface area contributed by atoms with Crippen LogP contribution in [0.5, 0.6) is 0 Å². The number of hydrogen-bond donors (Lipinski definition) is 4. The molecule has 2 aromatic rings. The highest BCUT2D eigenvalue weighted by Crippen LogP contribution is 2.64. The van der Waals surface area contributed by atoms with Crippen LogP contribution in [0.15, 0.2) is 64.3 Å². The largest absolute Gasteiger partial charge is 0.467 e. The van der Waals surface area contributed by atoms with Gasteiger partial charge >= 0.3 is 29.9 Å². The Bertz CT molecular complexity index is 1990. The van der Waals surface area contributed by atoms with Crippen LogP contribution in [-0.2, 0) is 38.1 Å². The summed E-state index contributed by atoms with van der Waals surface area (Å²) in [6, 6.07) is 7.47. The molecule has 3 fully saturated rings. The fraction of sp³-hybridized carbons (Fsp3) is 0.585. The fourth-order valence-corrected chi connectivity index (χ4v) is 9.32. The number of aliphatic hydroxyl groups is 3. The van der Waals surface area contributed by atoms with Crippen LogP contribution in [0.1, 0.15) is 90.4 Å². The van der Waals surface area contributed by atoms with Crippen molar-refractivity contribution >= 4 is 29.8 Å². The molecule has 2 bridgehead atoms. The van der Waals surface area contributed by atoms with Gasteiger partial charge in [0.2, 0.25) is 0 Å². The molecule has 1 amide bonds. The predicted octanol–water partition coefficient (Wildman–Crippen LogP) is 4.13. The predicted molar refractivity (Wildman–Crippen MR) is 195 cm³/mol. The Balaban J connectivity index is 1.50. The van der Waals surface area contributed by atoms with E-state index in [1.54, 1.807) is 18.2 Å². The lowest BCUT2D eigenvalue weighted by atomic mass is 9.44. The highest BCUT2D eigenvalue weighted by molar-refractivity contribution is 5.94. The van der Waals surface area contributed by atoms with Gasteiger partial charge in [0.05, 0.1) is 35.9 Å². The summed E-state index contributed by atoms with van der Waals surface area (Å²) in [5, 5.41) is 39.2. The standard InChI is InChI=1S/C41H49F2NO14/c1-20-24(55-34(50)41(42,43)30(23-15-12-16-53-23)44-35(51)58-36(3,4)5)18-40(52)32(56-33(49)22-13-10-9-11-14-22)29-38(8,31(48)28(47)27(20)37(40,6)7)25(46)17-26-39(29,19-54-26)57-21(2)45/h9-16,24-26,28-30,32,46-47,52H,17-19H2,1-8H3,(H,44,51)/t24-,25-,26+,28+,29-,30-,32-,38+,39-,40+/m0/s1. The molecule has 17 heteroatoms. The van der Waals surface area contributed by atoms with Gasteiger partial charge in [-0.2, -0.15) is 8.78 Å². The van der Waals surface area contributed by atoms with E-state index in [9.17, 15) is 39.3 Å². The topological polar surface area (TPSA) is 217 Å². The summed E-state index contributed by atoms with van der Waals surface area (Å²) >= 11 is 0. The van der Waals surface area contributed by atoms with Gasteiger partial charge in [0.25, 0.3) is 0 Å². The Kier molecular flexibility index (Phi) is 10.7. The van der Waals surface area contributed by atoms with Crippen LogP contribution in [-0.4, -0.2) is 105 Å². The Morgan fingerprint density at radius 2 is 1.66 bits per heavy atom. The number of esters is 3. The van der Waals surface area contributed by atoms with Crippen molar-refractivity contribution in [3.05, 3.63) is 71.2 Å². The smallest absolute Gasteiger partial charge is 0.408 e. The van der Waals surface area contributed by atoms with Gasteiger partial charge in [-0.15, -0.1) is 0 Å². The molecular weight excluding hydrogens is 768 g/mol. The van der Waals surface area contributed by atoms with Crippen LogP contribution in [0.4, 0.5) is 13.6 Å². The van der Waals surface area contributed by atoms with E-state index in [4.69, 9.17) is 28.1 Å². The summed E-state index contributed by atoms with van der Waals surface area (Å²) in [6.45, 7) is 10.7. The first-order chi connectivity index (χ1) is 26.8. The molecule has 2 saturated carbocycles. The van der Waals surface area contributed by atoms with Crippen molar-refractivity contribution in [2.45, 2.75) is 128 Å². The SMILES string of the molecule is CC(=O)O[C@@]12CO[C@@H]1C[C@H](O)[C@@]1(C)C(=O)[C@H](O)C3=C(C)[C@@H](OC(=O)C(F)(F)[C@@H](NC(=O)OC(C)(C)C)c4ccco4)C[C@@](O)([C@@H](OC(=O)c4ccccc4)[C@H]21)C3(C)C. The summed E-state index contributed by atoms with van der Waals surface area (Å²) in [5.74, 6) is -11.8. The van der Waals surface area contributed by atoms with Crippen LogP contribution in [0.25, 0.3) is 0 Å². The van der Waals surface area contributed by atoms with Crippen LogP contribution in [0.3, 0.4) is 0 Å². The Labute approximate surface area is 333 Å². The van der Waals surface area contributed by atoms with Gasteiger partial charge < -0.3 is 48.7 Å². The molecule has 0 radical (unpaired) electrons. The number of alkyl halides is 2. The number of furan rings is 1. The minimum Gasteiger partial charge on any atom is -0.467 e. The number of nitrogens with one attached hydrogen (secondary N) is 1. The number of ether oxygens (including phenoxy) is 5. The number of aliphatic hydroxyl groups excluding tert-OH is 2. The molecule has 15 nitrogen and oxygen atoms in total. The molecule has 3 aliphatic carbocycles. The summed E-state index contributed by atoms with van der Waals surface area (Å²) in [6.07, 6.45) is -9.89. The molecule has 4 N–H and O–H groups in total. The number of Topliss-reactive ketones (excluding diaryl/α,β-unsaturated/α-hetero) is 1. The molecule has 58 heavy (non-hydrogen) atoms. The monoisotopic (exact) mass is 817 g/mol. The summed E-state index contributed by atoms with van der Waals surface area (Å²) in [5.41, 5.74) is -9.69. The van der Waals surface area contributed by atoms with Crippen molar-refractivity contribution in [1.29, 1.82) is 0 Å². The Morgan fingerprint density at radius 3 is 2.21 bits per heavy atom. The van der Waals surface area contributed by atoms with Crippen molar-refractivity contribution in [3.63, 3.8) is 0 Å². The first kappa shape index (κ1) is 42.9. The first-order valence-electron chi connectivity index (χ1n) is 18.9. The highest BCUT2D eigenvalue weighted by Gasteiger charge is 2.78. The van der Waals surface area contributed by atoms with Crippen molar-refractivity contribution in [1.82, 2.24) is 5.32 Å². The van der Waals surface area contributed by atoms with E-state index < -0.39 is 118 Å². The van der Waals surface area contributed by atoms with Gasteiger partial charge in [0, 0.05) is 25.2 Å². The molecule has 2 heterocycles. The van der Waals surface area contributed by atoms with Crippen molar-refractivity contribution < 1.29 is 76.2 Å². The van der Waals surface area contributed by atoms with Crippen LogP contribution < -0.4 is 5.32 Å². The van der Waals surface area contributed by atoms with E-state index in [1.807, 2.05) is 5.32 Å². The normalized spacial score (nSPS) is 33.5. The molecule has 0 unspecified atom stereocenters. The van der Waals surface area contributed by atoms with Gasteiger partial charge in [0.1, 0.15) is 41.4 Å². The van der Waals surface area contributed by atoms with Crippen molar-refractivity contribution in [2.75, 3.05) is 6.61 Å². The van der Waals surface area contributed by atoms with Gasteiger partial charge in [-0.3, -0.25) is 9.59 Å². The number of hydrogen-bond acceptors (Lipinski definition) is 14. The number of alkyl carbamates (subject to hydrolysis) is 1. The van der Waals surface area contributed by atoms with Gasteiger partial charge in [-0.25, -0.2) is 14.4 Å². The number of ketones is 1. The maximum atomic E-state index is 16.4. The molecule has 1 saturated heterocycles. The summed E-state index contributed by atoms with van der Waals surface area (Å²) in [4.78, 5) is 68.3. The molecule has 1 aromatic heterocycles. The quantitative estimate of drug-likeness (QED) is 0.168. The lowest BCUT2D eigenvalue weighted by molar-refractivity contribution is -0.346. The highest BCUT2D eigenvalue weighted by atomic mass is 19.3. The number of rotatable bonds is 8. The van der Waals surface area contributed by atoms with Gasteiger partial charge in [0.15, 0.2) is 17.4 Å². The molecule has 316 valence electrons. The van der Waals surface area contributed by atoms with E-state index in [0.717, 1.165) is 19.3 Å². The second-order valence-corrected chi connectivity index (χ2v) is 17.3. The maximum Gasteiger partial charge on any atom is 0.408 e. The fourth-order valence-electron chi connectivity index (χ4n) is 9.32. The van der Waals surface area contributed by atoms with E-state index in [-0.39, 0.29) is 29.7 Å². The molecule has 4 aliphatic rings. The minimum atomic E-state index is -4.58. The Hall–Kier alpha value is -4.71. The summed E-state index contributed by atoms with van der Waals surface area (Å²) in [7, 11) is 0. The molecule has 6 rings (SSSR count). The first-order valence-corrected chi connectivity index (χ1v) is 18.9. The second-order valence-electron chi connectivity index (χ2n) is 17.3. The molecule has 1 aliphatic heterocycles. The van der Waals surface area contributed by atoms with E-state index in [1.165, 1.54) is 66.7 Å². The molecule has 1 aromatic carbocycles. The lowest BCUT2D eigenvalue weighted by Crippen LogP contribution is -2.81. The number of carbonyl (C=O) groups excluding carboxylic acids is 5. The number of fused-ring (bicyclic) bond motifs is 5. The average Bonchev–Trinajstić information content (AvgIpc) is 3.66. The summed E-state index contributed by atoms with van der Waals surface area (Å²) < 4.78 is 66.6. The van der Waals surface area contributed by atoms with E-state index in [2.05, 4.69) is 0 Å². The minimum absolute atomic E-state index is 0.00478. The van der Waals surface area contributed by atoms with Crippen LogP contribution in [0.2, 0.25) is 0 Å². The third-order valence-electron chi connectivity index (χ3n) is 12.3. The zero-order valence-electron chi connectivity index (χ0n) is 33.4. The van der Waals surface area contributed by atoms with E-state index in [0.29, 0.717) is 0 Å². The second kappa shape index (κ2) is 14.5. The number of carbonyl (C=O) groups is 5. The lowest BCUT2D eigenvalue weighted by Gasteiger charge is -2.67. The maximum absolute atomic E-state index is 16.4. The van der Waals surface area contributed by atoms with Crippen LogP contribution in [0, 0.1) is 16.7 Å². The zero-order chi connectivity index (χ0) is 43.0. The Morgan fingerprint density at radius 1 is 1.00 bits per heavy atom. The van der Waals surface area contributed by atoms with Gasteiger partial charge in [-0.1, -0.05) is 32.0 Å². The third-order valence-corrected chi connectivity index (χ3v) is 12.3. The van der Waals surface area contributed by atoms with Gasteiger partial charge in [-0.05, 0) is 70.0 Å². The molecule has 10 atom stereocenters. The van der Waals surface area contributed by atoms with Crippen molar-refractivity contribution in [3.8, 4) is 0 Å². The van der Waals surface area contributed by atoms with E-state index >= 15 is 8.78 Å².